The van der Waals surface area contributed by atoms with Crippen LogP contribution in [0.1, 0.15) is 42.5 Å². The quantitative estimate of drug-likeness (QED) is 0.697. The molecule has 3 saturated heterocycles. The normalized spacial score (nSPS) is 25.0. The fourth-order valence-corrected chi connectivity index (χ4v) is 5.40. The summed E-state index contributed by atoms with van der Waals surface area (Å²) in [4.78, 5) is 31.2. The summed E-state index contributed by atoms with van der Waals surface area (Å²) < 4.78 is 38.1. The lowest BCUT2D eigenvalue weighted by atomic mass is 9.86. The maximum Gasteiger partial charge on any atom is 0.490 e. The van der Waals surface area contributed by atoms with Gasteiger partial charge in [0.2, 0.25) is 0 Å². The van der Waals surface area contributed by atoms with E-state index in [2.05, 4.69) is 9.88 Å². The predicted molar refractivity (Wildman–Crippen MR) is 123 cm³/mol. The molecule has 1 amide bonds. The van der Waals surface area contributed by atoms with Crippen LogP contribution in [0.5, 0.6) is 0 Å². The number of halogens is 3. The second kappa shape index (κ2) is 10.5. The van der Waals surface area contributed by atoms with Crippen molar-refractivity contribution in [1.82, 2.24) is 14.8 Å². The van der Waals surface area contributed by atoms with Crippen molar-refractivity contribution in [3.05, 3.63) is 42.1 Å². The SMILES string of the molecule is O=C(O)C(F)(F)F.O=C(c1cccc2ncccc12)N1CCCC2(CC(CN3CCCC3)CO2)C1. The van der Waals surface area contributed by atoms with Gasteiger partial charge in [-0.15, -0.1) is 0 Å². The molecule has 35 heavy (non-hydrogen) atoms. The number of ether oxygens (including phenoxy) is 1. The van der Waals surface area contributed by atoms with Gasteiger partial charge in [0, 0.05) is 36.8 Å². The number of carboxylic acids is 1. The third kappa shape index (κ3) is 6.10. The molecule has 4 heterocycles. The Labute approximate surface area is 201 Å². The molecular weight excluding hydrogens is 463 g/mol. The van der Waals surface area contributed by atoms with E-state index in [0.717, 1.165) is 62.0 Å². The van der Waals surface area contributed by atoms with Crippen molar-refractivity contribution in [2.45, 2.75) is 43.9 Å². The van der Waals surface area contributed by atoms with E-state index in [4.69, 9.17) is 14.6 Å². The van der Waals surface area contributed by atoms with E-state index in [1.165, 1.54) is 25.9 Å². The van der Waals surface area contributed by atoms with Crippen molar-refractivity contribution in [1.29, 1.82) is 0 Å². The summed E-state index contributed by atoms with van der Waals surface area (Å²) in [5.74, 6) is -2.04. The van der Waals surface area contributed by atoms with E-state index in [-0.39, 0.29) is 11.5 Å². The molecule has 1 N–H and O–H groups in total. The fraction of sp³-hybridized carbons (Fsp3) is 0.560. The van der Waals surface area contributed by atoms with Crippen LogP contribution >= 0.6 is 0 Å². The maximum atomic E-state index is 13.3. The smallest absolute Gasteiger partial charge is 0.475 e. The monoisotopic (exact) mass is 493 g/mol. The summed E-state index contributed by atoms with van der Waals surface area (Å²) >= 11 is 0. The molecule has 1 aromatic carbocycles. The highest BCUT2D eigenvalue weighted by Crippen LogP contribution is 2.38. The van der Waals surface area contributed by atoms with Crippen LogP contribution in [0.4, 0.5) is 13.2 Å². The lowest BCUT2D eigenvalue weighted by Crippen LogP contribution is -2.50. The minimum Gasteiger partial charge on any atom is -0.475 e. The first-order valence-electron chi connectivity index (χ1n) is 12.0. The molecule has 3 aliphatic rings. The molecule has 3 fully saturated rings. The molecule has 190 valence electrons. The number of benzene rings is 1. The number of nitrogens with zero attached hydrogens (tertiary/aromatic N) is 3. The van der Waals surface area contributed by atoms with Gasteiger partial charge in [0.25, 0.3) is 5.91 Å². The number of rotatable bonds is 3. The zero-order valence-electron chi connectivity index (χ0n) is 19.5. The Hall–Kier alpha value is -2.72. The lowest BCUT2D eigenvalue weighted by Gasteiger charge is -2.40. The van der Waals surface area contributed by atoms with Crippen LogP contribution in [0, 0.1) is 5.92 Å². The largest absolute Gasteiger partial charge is 0.490 e. The number of amides is 1. The fourth-order valence-electron chi connectivity index (χ4n) is 5.40. The lowest BCUT2D eigenvalue weighted by molar-refractivity contribution is -0.192. The van der Waals surface area contributed by atoms with Gasteiger partial charge >= 0.3 is 12.1 Å². The first kappa shape index (κ1) is 25.4. The van der Waals surface area contributed by atoms with Gasteiger partial charge in [0.15, 0.2) is 0 Å². The zero-order valence-corrected chi connectivity index (χ0v) is 19.5. The Kier molecular flexibility index (Phi) is 7.61. The molecule has 5 rings (SSSR count). The van der Waals surface area contributed by atoms with Gasteiger partial charge in [-0.25, -0.2) is 4.79 Å². The van der Waals surface area contributed by atoms with Gasteiger partial charge in [-0.1, -0.05) is 12.1 Å². The number of aromatic nitrogens is 1. The van der Waals surface area contributed by atoms with Crippen molar-refractivity contribution < 1.29 is 32.6 Å². The van der Waals surface area contributed by atoms with E-state index in [0.29, 0.717) is 5.92 Å². The molecule has 3 aliphatic heterocycles. The Morgan fingerprint density at radius 2 is 1.86 bits per heavy atom. The number of fused-ring (bicyclic) bond motifs is 1. The summed E-state index contributed by atoms with van der Waals surface area (Å²) in [5, 5.41) is 8.06. The second-order valence-corrected chi connectivity index (χ2v) is 9.58. The summed E-state index contributed by atoms with van der Waals surface area (Å²) in [6, 6.07) is 9.72. The third-order valence-electron chi connectivity index (χ3n) is 6.95. The number of pyridine rings is 1. The summed E-state index contributed by atoms with van der Waals surface area (Å²) in [5.41, 5.74) is 1.50. The van der Waals surface area contributed by atoms with Crippen LogP contribution in [0.3, 0.4) is 0 Å². The number of carboxylic acid groups (broad SMARTS) is 1. The number of piperidine rings is 1. The summed E-state index contributed by atoms with van der Waals surface area (Å²) in [6.07, 6.45) is 2.54. The van der Waals surface area contributed by atoms with Crippen molar-refractivity contribution in [3.63, 3.8) is 0 Å². The van der Waals surface area contributed by atoms with Crippen molar-refractivity contribution in [2.75, 3.05) is 39.3 Å². The van der Waals surface area contributed by atoms with Gasteiger partial charge in [-0.05, 0) is 69.3 Å². The van der Waals surface area contributed by atoms with Crippen LogP contribution in [0.15, 0.2) is 36.5 Å². The number of carbonyl (C=O) groups is 2. The van der Waals surface area contributed by atoms with Crippen LogP contribution in [-0.2, 0) is 9.53 Å². The topological polar surface area (TPSA) is 83.0 Å². The molecule has 0 bridgehead atoms. The Balaban J connectivity index is 0.000000364. The molecule has 10 heteroatoms. The highest BCUT2D eigenvalue weighted by Gasteiger charge is 2.45. The standard InChI is InChI=1S/C23H29N3O2.C2HF3O2/c27-22(20-6-3-8-21-19(20)7-4-10-24-21)26-13-5-9-23(17-26)14-18(16-28-23)15-25-11-1-2-12-25;3-2(4,5)1(6)7/h3-4,6-8,10,18H,1-2,5,9,11-17H2;(H,6,7). The van der Waals surface area contributed by atoms with Gasteiger partial charge < -0.3 is 19.6 Å². The minimum atomic E-state index is -5.08. The summed E-state index contributed by atoms with van der Waals surface area (Å²) in [6.45, 7) is 6.02. The van der Waals surface area contributed by atoms with Gasteiger partial charge in [0.1, 0.15) is 0 Å². The first-order chi connectivity index (χ1) is 16.7. The molecule has 0 aliphatic carbocycles. The second-order valence-electron chi connectivity index (χ2n) is 9.58. The first-order valence-corrected chi connectivity index (χ1v) is 12.0. The third-order valence-corrected chi connectivity index (χ3v) is 6.95. The number of likely N-dealkylation sites (tertiary alicyclic amines) is 2. The predicted octanol–water partition coefficient (Wildman–Crippen LogP) is 3.98. The van der Waals surface area contributed by atoms with E-state index in [1.807, 2.05) is 35.2 Å². The van der Waals surface area contributed by atoms with Crippen LogP contribution < -0.4 is 0 Å². The summed E-state index contributed by atoms with van der Waals surface area (Å²) in [7, 11) is 0. The van der Waals surface area contributed by atoms with E-state index >= 15 is 0 Å². The minimum absolute atomic E-state index is 0.115. The highest BCUT2D eigenvalue weighted by molar-refractivity contribution is 6.06. The molecule has 1 spiro atoms. The molecule has 2 aromatic rings. The van der Waals surface area contributed by atoms with Crippen molar-refractivity contribution in [3.8, 4) is 0 Å². The molecule has 0 radical (unpaired) electrons. The van der Waals surface area contributed by atoms with Crippen LogP contribution in [0.2, 0.25) is 0 Å². The van der Waals surface area contributed by atoms with Crippen LogP contribution in [-0.4, -0.2) is 82.9 Å². The van der Waals surface area contributed by atoms with E-state index in [1.54, 1.807) is 6.20 Å². The van der Waals surface area contributed by atoms with Gasteiger partial charge in [-0.2, -0.15) is 13.2 Å². The Morgan fingerprint density at radius 3 is 2.57 bits per heavy atom. The average Bonchev–Trinajstić information content (AvgIpc) is 3.48. The van der Waals surface area contributed by atoms with Crippen LogP contribution in [0.25, 0.3) is 10.9 Å². The number of aliphatic carboxylic acids is 1. The molecule has 7 nitrogen and oxygen atoms in total. The Morgan fingerprint density at radius 1 is 1.11 bits per heavy atom. The van der Waals surface area contributed by atoms with Gasteiger partial charge in [0.05, 0.1) is 17.7 Å². The number of alkyl halides is 3. The number of hydrogen-bond acceptors (Lipinski definition) is 5. The Bertz CT molecular complexity index is 1050. The zero-order chi connectivity index (χ0) is 25.1. The molecule has 2 atom stereocenters. The molecule has 1 aromatic heterocycles. The van der Waals surface area contributed by atoms with Gasteiger partial charge in [-0.3, -0.25) is 9.78 Å². The number of hydrogen-bond donors (Lipinski definition) is 1. The number of carbonyl (C=O) groups excluding carboxylic acids is 1. The van der Waals surface area contributed by atoms with Crippen molar-refractivity contribution >= 4 is 22.8 Å². The highest BCUT2D eigenvalue weighted by atomic mass is 19.4. The van der Waals surface area contributed by atoms with Crippen molar-refractivity contribution in [2.24, 2.45) is 5.92 Å². The molecule has 0 saturated carbocycles. The molecule has 2 unspecified atom stereocenters. The maximum absolute atomic E-state index is 13.3. The average molecular weight is 494 g/mol. The van der Waals surface area contributed by atoms with E-state index in [9.17, 15) is 18.0 Å². The van der Waals surface area contributed by atoms with E-state index < -0.39 is 12.1 Å². The molecular formula is C25H30F3N3O4.